The summed E-state index contributed by atoms with van der Waals surface area (Å²) in [5, 5.41) is 19.4. The van der Waals surface area contributed by atoms with E-state index >= 15 is 0 Å². The number of hydrogen-bond acceptors (Lipinski definition) is 3. The van der Waals surface area contributed by atoms with Gasteiger partial charge in [-0.05, 0) is 12.0 Å². The van der Waals surface area contributed by atoms with Crippen LogP contribution in [-0.4, -0.2) is 22.7 Å². The van der Waals surface area contributed by atoms with Crippen LogP contribution in [0, 0.1) is 10.1 Å². The van der Waals surface area contributed by atoms with E-state index < -0.39 is 11.0 Å². The van der Waals surface area contributed by atoms with E-state index in [1.54, 1.807) is 6.07 Å². The number of nitrogens with zero attached hydrogens (tertiary/aromatic N) is 2. The number of benzene rings is 1. The van der Waals surface area contributed by atoms with Gasteiger partial charge in [-0.3, -0.25) is 15.0 Å². The third-order valence-electron chi connectivity index (χ3n) is 2.41. The summed E-state index contributed by atoms with van der Waals surface area (Å²) in [6.45, 7) is 0.367. The zero-order valence-corrected chi connectivity index (χ0v) is 7.71. The van der Waals surface area contributed by atoms with Crippen LogP contribution in [0.1, 0.15) is 5.56 Å². The molecule has 6 nitrogen and oxygen atoms in total. The van der Waals surface area contributed by atoms with E-state index in [1.807, 2.05) is 0 Å². The number of non-ortho nitro benzene ring substituents is 1. The maximum Gasteiger partial charge on any atom is 0.411 e. The summed E-state index contributed by atoms with van der Waals surface area (Å²) < 4.78 is 0. The summed E-state index contributed by atoms with van der Waals surface area (Å²) in [7, 11) is 0. The minimum atomic E-state index is -1.07. The number of fused-ring (bicyclic) bond motifs is 1. The zero-order chi connectivity index (χ0) is 11.0. The fourth-order valence-corrected chi connectivity index (χ4v) is 1.68. The Hall–Kier alpha value is -2.11. The van der Waals surface area contributed by atoms with E-state index in [0.717, 1.165) is 10.5 Å². The van der Waals surface area contributed by atoms with Gasteiger partial charge in [0.05, 0.1) is 10.6 Å². The molecule has 1 aromatic carbocycles. The number of hydrogen-bond donors (Lipinski definition) is 1. The molecule has 1 aromatic rings. The molecule has 1 amide bonds. The van der Waals surface area contributed by atoms with Gasteiger partial charge >= 0.3 is 6.09 Å². The zero-order valence-electron chi connectivity index (χ0n) is 7.71. The number of amides is 1. The predicted molar refractivity (Wildman–Crippen MR) is 52.2 cm³/mol. The van der Waals surface area contributed by atoms with Crippen molar-refractivity contribution in [1.82, 2.24) is 0 Å². The largest absolute Gasteiger partial charge is 0.465 e. The molecular weight excluding hydrogens is 200 g/mol. The highest BCUT2D eigenvalue weighted by molar-refractivity contribution is 5.89. The lowest BCUT2D eigenvalue weighted by atomic mass is 10.1. The van der Waals surface area contributed by atoms with E-state index in [4.69, 9.17) is 5.11 Å². The monoisotopic (exact) mass is 208 g/mol. The summed E-state index contributed by atoms with van der Waals surface area (Å²) in [5.41, 5.74) is 1.18. The Balaban J connectivity index is 2.46. The van der Waals surface area contributed by atoms with Crippen LogP contribution in [0.25, 0.3) is 0 Å². The number of carbonyl (C=O) groups is 1. The van der Waals surface area contributed by atoms with Crippen LogP contribution in [-0.2, 0) is 6.42 Å². The van der Waals surface area contributed by atoms with Gasteiger partial charge in [-0.2, -0.15) is 0 Å². The van der Waals surface area contributed by atoms with Gasteiger partial charge in [0.2, 0.25) is 0 Å². The van der Waals surface area contributed by atoms with Crippen LogP contribution < -0.4 is 4.90 Å². The SMILES string of the molecule is O=C(O)N1CCc2ccc([N+](=O)[O-])cc21. The van der Waals surface area contributed by atoms with Crippen molar-refractivity contribution in [3.8, 4) is 0 Å². The van der Waals surface area contributed by atoms with Crippen LogP contribution >= 0.6 is 0 Å². The van der Waals surface area contributed by atoms with Gasteiger partial charge in [0.1, 0.15) is 0 Å². The Morgan fingerprint density at radius 2 is 2.27 bits per heavy atom. The van der Waals surface area contributed by atoms with Gasteiger partial charge in [-0.25, -0.2) is 4.79 Å². The molecule has 0 fully saturated rings. The lowest BCUT2D eigenvalue weighted by Crippen LogP contribution is -2.26. The second-order valence-corrected chi connectivity index (χ2v) is 3.25. The molecule has 0 atom stereocenters. The fraction of sp³-hybridized carbons (Fsp3) is 0.222. The number of nitro benzene ring substituents is 1. The predicted octanol–water partition coefficient (Wildman–Crippen LogP) is 1.64. The molecule has 0 spiro atoms. The highest BCUT2D eigenvalue weighted by Crippen LogP contribution is 2.31. The quantitative estimate of drug-likeness (QED) is 0.561. The number of anilines is 1. The molecule has 2 rings (SSSR count). The lowest BCUT2D eigenvalue weighted by Gasteiger charge is -2.11. The van der Waals surface area contributed by atoms with Crippen molar-refractivity contribution in [3.63, 3.8) is 0 Å². The third-order valence-corrected chi connectivity index (χ3v) is 2.41. The van der Waals surface area contributed by atoms with Crippen molar-refractivity contribution in [2.75, 3.05) is 11.4 Å². The Bertz CT molecular complexity index is 444. The maximum absolute atomic E-state index is 10.8. The number of rotatable bonds is 1. The Kier molecular flexibility index (Phi) is 2.03. The molecule has 0 aliphatic carbocycles. The summed E-state index contributed by atoms with van der Waals surface area (Å²) in [4.78, 5) is 21.9. The molecule has 0 bridgehead atoms. The van der Waals surface area contributed by atoms with Crippen molar-refractivity contribution in [1.29, 1.82) is 0 Å². The van der Waals surface area contributed by atoms with E-state index in [0.29, 0.717) is 18.7 Å². The number of carboxylic acid groups (broad SMARTS) is 1. The average Bonchev–Trinajstić information content (AvgIpc) is 2.59. The molecule has 15 heavy (non-hydrogen) atoms. The van der Waals surface area contributed by atoms with E-state index in [-0.39, 0.29) is 5.69 Å². The molecule has 0 saturated carbocycles. The van der Waals surface area contributed by atoms with Gasteiger partial charge in [-0.15, -0.1) is 0 Å². The molecule has 0 aromatic heterocycles. The standard InChI is InChI=1S/C9H8N2O4/c12-9(13)10-4-3-6-1-2-7(11(14)15)5-8(6)10/h1-2,5H,3-4H2,(H,12,13). The minimum Gasteiger partial charge on any atom is -0.465 e. The highest BCUT2D eigenvalue weighted by atomic mass is 16.6. The Morgan fingerprint density at radius 3 is 2.87 bits per heavy atom. The second-order valence-electron chi connectivity index (χ2n) is 3.25. The first-order valence-corrected chi connectivity index (χ1v) is 4.37. The number of nitro groups is 1. The molecule has 1 aliphatic heterocycles. The highest BCUT2D eigenvalue weighted by Gasteiger charge is 2.26. The van der Waals surface area contributed by atoms with Gasteiger partial charge in [-0.1, -0.05) is 6.07 Å². The summed E-state index contributed by atoms with van der Waals surface area (Å²) in [6, 6.07) is 4.30. The lowest BCUT2D eigenvalue weighted by molar-refractivity contribution is -0.384. The van der Waals surface area contributed by atoms with E-state index in [9.17, 15) is 14.9 Å². The molecule has 0 radical (unpaired) electrons. The maximum atomic E-state index is 10.8. The first kappa shape index (κ1) is 9.45. The molecule has 1 aliphatic rings. The fourth-order valence-electron chi connectivity index (χ4n) is 1.68. The van der Waals surface area contributed by atoms with Crippen LogP contribution in [0.2, 0.25) is 0 Å². The van der Waals surface area contributed by atoms with Crippen molar-refractivity contribution >= 4 is 17.5 Å². The smallest absolute Gasteiger partial charge is 0.411 e. The van der Waals surface area contributed by atoms with E-state index in [2.05, 4.69) is 0 Å². The van der Waals surface area contributed by atoms with Gasteiger partial charge in [0, 0.05) is 18.7 Å². The van der Waals surface area contributed by atoms with Gasteiger partial charge < -0.3 is 5.11 Å². The van der Waals surface area contributed by atoms with Crippen molar-refractivity contribution in [2.45, 2.75) is 6.42 Å². The molecule has 6 heteroatoms. The Labute approximate surface area is 84.9 Å². The summed E-state index contributed by atoms with van der Waals surface area (Å²) in [6.07, 6.45) is -0.464. The van der Waals surface area contributed by atoms with Gasteiger partial charge in [0.25, 0.3) is 5.69 Å². The first-order chi connectivity index (χ1) is 7.09. The molecule has 1 N–H and O–H groups in total. The molecule has 0 saturated heterocycles. The normalized spacial score (nSPS) is 13.7. The molecule has 1 heterocycles. The molecule has 78 valence electrons. The molecule has 0 unspecified atom stereocenters. The van der Waals surface area contributed by atoms with Crippen LogP contribution in [0.3, 0.4) is 0 Å². The summed E-state index contributed by atoms with van der Waals surface area (Å²) >= 11 is 0. The summed E-state index contributed by atoms with van der Waals surface area (Å²) in [5.74, 6) is 0. The first-order valence-electron chi connectivity index (χ1n) is 4.37. The van der Waals surface area contributed by atoms with Crippen molar-refractivity contribution < 1.29 is 14.8 Å². The second kappa shape index (κ2) is 3.23. The average molecular weight is 208 g/mol. The molecular formula is C9H8N2O4. The van der Waals surface area contributed by atoms with Crippen molar-refractivity contribution in [2.24, 2.45) is 0 Å². The van der Waals surface area contributed by atoms with Gasteiger partial charge in [0.15, 0.2) is 0 Å². The minimum absolute atomic E-state index is 0.0816. The third kappa shape index (κ3) is 1.50. The topological polar surface area (TPSA) is 83.7 Å². The van der Waals surface area contributed by atoms with Crippen LogP contribution in [0.5, 0.6) is 0 Å². The van der Waals surface area contributed by atoms with Crippen molar-refractivity contribution in [3.05, 3.63) is 33.9 Å². The van der Waals surface area contributed by atoms with Crippen LogP contribution in [0.4, 0.5) is 16.2 Å². The van der Waals surface area contributed by atoms with Crippen LogP contribution in [0.15, 0.2) is 18.2 Å². The van der Waals surface area contributed by atoms with E-state index in [1.165, 1.54) is 12.1 Å². The Morgan fingerprint density at radius 1 is 1.53 bits per heavy atom.